The molecule has 0 spiro atoms. The van der Waals surface area contributed by atoms with E-state index < -0.39 is 0 Å². The van der Waals surface area contributed by atoms with Gasteiger partial charge in [0.05, 0.1) is 11.4 Å². The quantitative estimate of drug-likeness (QED) is 0.869. The average molecular weight is 336 g/mol. The molecule has 1 saturated heterocycles. The third kappa shape index (κ3) is 3.77. The van der Waals surface area contributed by atoms with Crippen molar-refractivity contribution in [1.29, 1.82) is 0 Å². The van der Waals surface area contributed by atoms with E-state index in [2.05, 4.69) is 33.5 Å². The third-order valence-corrected chi connectivity index (χ3v) is 5.07. The number of carbonyl (C=O) groups is 1. The van der Waals surface area contributed by atoms with Gasteiger partial charge in [-0.25, -0.2) is 0 Å². The summed E-state index contributed by atoms with van der Waals surface area (Å²) in [6.07, 6.45) is 2.36. The van der Waals surface area contributed by atoms with Crippen molar-refractivity contribution in [3.63, 3.8) is 0 Å². The van der Waals surface area contributed by atoms with E-state index in [1.807, 2.05) is 6.07 Å². The lowest BCUT2D eigenvalue weighted by Gasteiger charge is -2.17. The number of hydrogen-bond donors (Lipinski definition) is 1. The second-order valence-electron chi connectivity index (χ2n) is 5.56. The Hall–Kier alpha value is -1.77. The maximum Gasteiger partial charge on any atom is 0.261 e. The predicted octanol–water partition coefficient (Wildman–Crippen LogP) is 1.97. The molecule has 1 amide bonds. The normalized spacial score (nSPS) is 18.4. The summed E-state index contributed by atoms with van der Waals surface area (Å²) in [5.41, 5.74) is 0. The number of likely N-dealkylation sites (tertiary alicyclic amines) is 1. The van der Waals surface area contributed by atoms with Crippen LogP contribution in [0.25, 0.3) is 0 Å². The van der Waals surface area contributed by atoms with E-state index in [1.54, 1.807) is 18.4 Å². The highest BCUT2D eigenvalue weighted by Crippen LogP contribution is 2.34. The first-order valence-corrected chi connectivity index (χ1v) is 8.37. The fraction of sp³-hybridized carbons (Fsp3) is 0.533. The molecule has 2 aromatic heterocycles. The molecule has 0 aromatic carbocycles. The lowest BCUT2D eigenvalue weighted by molar-refractivity contribution is 0.0950. The summed E-state index contributed by atoms with van der Waals surface area (Å²) >= 11 is 1.55. The van der Waals surface area contributed by atoms with Gasteiger partial charge in [0.2, 0.25) is 5.89 Å². The second kappa shape index (κ2) is 7.20. The summed E-state index contributed by atoms with van der Waals surface area (Å²) < 4.78 is 9.97. The summed E-state index contributed by atoms with van der Waals surface area (Å²) in [6, 6.07) is 4.37. The molecule has 1 N–H and O–H groups in total. The average Bonchev–Trinajstić information content (AvgIpc) is 3.25. The first-order chi connectivity index (χ1) is 11.2. The number of aromatic nitrogens is 2. The minimum absolute atomic E-state index is 0.117. The SMILES string of the molecule is COCc1noc(CNC(=O)c2ccc(C3CCCN3C)s2)n1. The number of hydrogen-bond acceptors (Lipinski definition) is 7. The van der Waals surface area contributed by atoms with E-state index in [9.17, 15) is 4.79 Å². The summed E-state index contributed by atoms with van der Waals surface area (Å²) in [6.45, 7) is 1.62. The Morgan fingerprint density at radius 2 is 2.43 bits per heavy atom. The summed E-state index contributed by atoms with van der Waals surface area (Å²) in [5.74, 6) is 0.727. The topological polar surface area (TPSA) is 80.5 Å². The van der Waals surface area contributed by atoms with Crippen LogP contribution in [0.5, 0.6) is 0 Å². The summed E-state index contributed by atoms with van der Waals surface area (Å²) in [4.78, 5) is 20.6. The molecule has 2 aromatic rings. The molecule has 0 saturated carbocycles. The van der Waals surface area contributed by atoms with E-state index >= 15 is 0 Å². The van der Waals surface area contributed by atoms with Gasteiger partial charge in [-0.15, -0.1) is 11.3 Å². The Kier molecular flexibility index (Phi) is 5.04. The lowest BCUT2D eigenvalue weighted by atomic mass is 10.2. The van der Waals surface area contributed by atoms with Gasteiger partial charge in [0, 0.05) is 18.0 Å². The first kappa shape index (κ1) is 16.1. The third-order valence-electron chi connectivity index (χ3n) is 3.88. The molecule has 23 heavy (non-hydrogen) atoms. The van der Waals surface area contributed by atoms with Gasteiger partial charge in [-0.1, -0.05) is 5.16 Å². The number of thiophene rings is 1. The minimum atomic E-state index is -0.117. The zero-order valence-corrected chi connectivity index (χ0v) is 14.1. The van der Waals surface area contributed by atoms with Crippen LogP contribution < -0.4 is 5.32 Å². The first-order valence-electron chi connectivity index (χ1n) is 7.56. The summed E-state index contributed by atoms with van der Waals surface area (Å²) in [7, 11) is 3.69. The molecular formula is C15H20N4O3S. The van der Waals surface area contributed by atoms with E-state index in [-0.39, 0.29) is 12.5 Å². The molecule has 1 atom stereocenters. The molecule has 0 aliphatic carbocycles. The maximum atomic E-state index is 12.2. The fourth-order valence-corrected chi connectivity index (χ4v) is 3.84. The smallest absolute Gasteiger partial charge is 0.261 e. The molecular weight excluding hydrogens is 316 g/mol. The molecule has 3 rings (SSSR count). The molecule has 0 bridgehead atoms. The van der Waals surface area contributed by atoms with E-state index in [0.717, 1.165) is 13.0 Å². The largest absolute Gasteiger partial charge is 0.377 e. The van der Waals surface area contributed by atoms with Gasteiger partial charge in [-0.2, -0.15) is 4.98 Å². The van der Waals surface area contributed by atoms with Crippen molar-refractivity contribution in [2.45, 2.75) is 32.0 Å². The van der Waals surface area contributed by atoms with Crippen molar-refractivity contribution in [2.24, 2.45) is 0 Å². The van der Waals surface area contributed by atoms with Crippen molar-refractivity contribution < 1.29 is 14.1 Å². The monoisotopic (exact) mass is 336 g/mol. The highest BCUT2D eigenvalue weighted by atomic mass is 32.1. The lowest BCUT2D eigenvalue weighted by Crippen LogP contribution is -2.22. The minimum Gasteiger partial charge on any atom is -0.377 e. The van der Waals surface area contributed by atoms with Gasteiger partial charge in [0.1, 0.15) is 6.61 Å². The number of rotatable bonds is 6. The van der Waals surface area contributed by atoms with Crippen LogP contribution in [0.2, 0.25) is 0 Å². The van der Waals surface area contributed by atoms with Crippen molar-refractivity contribution in [2.75, 3.05) is 20.7 Å². The van der Waals surface area contributed by atoms with Gasteiger partial charge in [-0.05, 0) is 38.6 Å². The Morgan fingerprint density at radius 1 is 1.57 bits per heavy atom. The van der Waals surface area contributed by atoms with Crippen LogP contribution in [0, 0.1) is 0 Å². The van der Waals surface area contributed by atoms with E-state index in [4.69, 9.17) is 9.26 Å². The molecule has 1 aliphatic heterocycles. The highest BCUT2D eigenvalue weighted by molar-refractivity contribution is 7.14. The van der Waals surface area contributed by atoms with Gasteiger partial charge in [0.25, 0.3) is 5.91 Å². The number of methoxy groups -OCH3 is 1. The molecule has 0 radical (unpaired) electrons. The van der Waals surface area contributed by atoms with Crippen LogP contribution in [0.4, 0.5) is 0 Å². The Morgan fingerprint density at radius 3 is 3.17 bits per heavy atom. The standard InChI is InChI=1S/C15H20N4O3S/c1-19-7-3-4-10(19)11-5-6-12(23-11)15(20)16-8-14-17-13(9-21-2)18-22-14/h5-6,10H,3-4,7-9H2,1-2H3,(H,16,20). The molecule has 1 unspecified atom stereocenters. The molecule has 3 heterocycles. The maximum absolute atomic E-state index is 12.2. The van der Waals surface area contributed by atoms with Gasteiger partial charge >= 0.3 is 0 Å². The zero-order valence-electron chi connectivity index (χ0n) is 13.2. The van der Waals surface area contributed by atoms with Crippen molar-refractivity contribution in [1.82, 2.24) is 20.4 Å². The van der Waals surface area contributed by atoms with Crippen molar-refractivity contribution in [3.05, 3.63) is 33.6 Å². The van der Waals surface area contributed by atoms with Gasteiger partial charge in [0.15, 0.2) is 5.82 Å². The Balaban J connectivity index is 1.56. The van der Waals surface area contributed by atoms with Crippen LogP contribution in [-0.2, 0) is 17.9 Å². The van der Waals surface area contributed by atoms with Gasteiger partial charge < -0.3 is 14.6 Å². The number of carbonyl (C=O) groups excluding carboxylic acids is 1. The highest BCUT2D eigenvalue weighted by Gasteiger charge is 2.24. The molecule has 1 aliphatic rings. The van der Waals surface area contributed by atoms with Crippen LogP contribution in [0.1, 0.15) is 45.1 Å². The van der Waals surface area contributed by atoms with Crippen molar-refractivity contribution in [3.8, 4) is 0 Å². The number of ether oxygens (including phenoxy) is 1. The molecule has 8 heteroatoms. The molecule has 1 fully saturated rings. The Bertz CT molecular complexity index is 669. The second-order valence-corrected chi connectivity index (χ2v) is 6.68. The number of amides is 1. The fourth-order valence-electron chi connectivity index (χ4n) is 2.72. The number of nitrogens with one attached hydrogen (secondary N) is 1. The zero-order chi connectivity index (χ0) is 16.2. The molecule has 124 valence electrons. The predicted molar refractivity (Wildman–Crippen MR) is 85.1 cm³/mol. The molecule has 7 nitrogen and oxygen atoms in total. The van der Waals surface area contributed by atoms with Crippen LogP contribution in [0.3, 0.4) is 0 Å². The van der Waals surface area contributed by atoms with Crippen molar-refractivity contribution >= 4 is 17.2 Å². The van der Waals surface area contributed by atoms with E-state index in [0.29, 0.717) is 29.2 Å². The van der Waals surface area contributed by atoms with Crippen LogP contribution in [0.15, 0.2) is 16.7 Å². The Labute approximate surface area is 138 Å². The number of nitrogens with zero attached hydrogens (tertiary/aromatic N) is 3. The van der Waals surface area contributed by atoms with Crippen LogP contribution >= 0.6 is 11.3 Å². The van der Waals surface area contributed by atoms with Crippen LogP contribution in [-0.4, -0.2) is 41.6 Å². The van der Waals surface area contributed by atoms with Gasteiger partial charge in [-0.3, -0.25) is 9.69 Å². The summed E-state index contributed by atoms with van der Waals surface area (Å²) in [5, 5.41) is 6.56. The van der Waals surface area contributed by atoms with E-state index in [1.165, 1.54) is 11.3 Å².